The molecule has 2 rings (SSSR count). The van der Waals surface area contributed by atoms with E-state index in [1.807, 2.05) is 6.07 Å². The second-order valence-corrected chi connectivity index (χ2v) is 4.04. The fraction of sp³-hybridized carbons (Fsp3) is 0.0909. The largest absolute Gasteiger partial charge is 0.377 e. The Morgan fingerprint density at radius 3 is 2.94 bits per heavy atom. The summed E-state index contributed by atoms with van der Waals surface area (Å²) in [5, 5.41) is 15.3. The van der Waals surface area contributed by atoms with Crippen molar-refractivity contribution in [1.82, 2.24) is 5.16 Å². The number of anilines is 1. The van der Waals surface area contributed by atoms with Crippen LogP contribution in [0.3, 0.4) is 0 Å². The average Bonchev–Trinajstić information content (AvgIpc) is 2.84. The van der Waals surface area contributed by atoms with Gasteiger partial charge in [0.25, 0.3) is 0 Å². The Labute approximate surface area is 105 Å². The number of aromatic nitrogens is 1. The van der Waals surface area contributed by atoms with Crippen LogP contribution in [0, 0.1) is 17.1 Å². The molecule has 86 valence electrons. The monoisotopic (exact) mass is 295 g/mol. The van der Waals surface area contributed by atoms with Gasteiger partial charge in [-0.3, -0.25) is 0 Å². The minimum absolute atomic E-state index is 0.158. The van der Waals surface area contributed by atoms with Crippen molar-refractivity contribution in [1.29, 1.82) is 5.26 Å². The molecule has 0 spiro atoms. The van der Waals surface area contributed by atoms with Crippen molar-refractivity contribution in [2.24, 2.45) is 0 Å². The fourth-order valence-electron chi connectivity index (χ4n) is 1.29. The average molecular weight is 296 g/mol. The maximum atomic E-state index is 13.8. The highest BCUT2D eigenvalue weighted by atomic mass is 79.9. The molecular formula is C11H7BrFN3O. The molecule has 0 saturated heterocycles. The fourth-order valence-corrected chi connectivity index (χ4v) is 1.72. The molecule has 0 amide bonds. The van der Waals surface area contributed by atoms with E-state index in [2.05, 4.69) is 30.9 Å². The van der Waals surface area contributed by atoms with Crippen LogP contribution in [0.5, 0.6) is 0 Å². The quantitative estimate of drug-likeness (QED) is 0.945. The predicted octanol–water partition coefficient (Wildman–Crippen LogP) is 3.06. The van der Waals surface area contributed by atoms with Crippen molar-refractivity contribution in [3.8, 4) is 6.07 Å². The lowest BCUT2D eigenvalue weighted by atomic mass is 10.2. The predicted molar refractivity (Wildman–Crippen MR) is 62.6 cm³/mol. The van der Waals surface area contributed by atoms with E-state index in [9.17, 15) is 4.39 Å². The summed E-state index contributed by atoms with van der Waals surface area (Å²) in [6, 6.07) is 6.63. The van der Waals surface area contributed by atoms with Crippen molar-refractivity contribution in [2.45, 2.75) is 6.54 Å². The van der Waals surface area contributed by atoms with Gasteiger partial charge in [-0.15, -0.1) is 0 Å². The molecule has 0 radical (unpaired) electrons. The number of benzene rings is 1. The van der Waals surface area contributed by atoms with E-state index in [0.717, 1.165) is 0 Å². The molecule has 0 unspecified atom stereocenters. The molecule has 17 heavy (non-hydrogen) atoms. The molecule has 0 fully saturated rings. The lowest BCUT2D eigenvalue weighted by molar-refractivity contribution is 0.412. The van der Waals surface area contributed by atoms with Crippen molar-refractivity contribution >= 4 is 21.6 Å². The van der Waals surface area contributed by atoms with E-state index in [1.54, 1.807) is 6.07 Å². The molecule has 1 aromatic heterocycles. The van der Waals surface area contributed by atoms with E-state index in [4.69, 9.17) is 5.26 Å². The Hall–Kier alpha value is -1.87. The first-order chi connectivity index (χ1) is 8.22. The molecule has 6 heteroatoms. The van der Waals surface area contributed by atoms with Crippen molar-refractivity contribution < 1.29 is 8.91 Å². The second-order valence-electron chi connectivity index (χ2n) is 3.24. The number of halogens is 2. The van der Waals surface area contributed by atoms with Crippen LogP contribution in [-0.4, -0.2) is 5.16 Å². The Kier molecular flexibility index (Phi) is 3.40. The molecule has 4 nitrogen and oxygen atoms in total. The first-order valence-electron chi connectivity index (χ1n) is 4.73. The molecule has 0 aliphatic carbocycles. The van der Waals surface area contributed by atoms with Crippen LogP contribution >= 0.6 is 15.9 Å². The van der Waals surface area contributed by atoms with E-state index >= 15 is 0 Å². The van der Waals surface area contributed by atoms with Crippen molar-refractivity contribution in [2.75, 3.05) is 5.32 Å². The zero-order valence-corrected chi connectivity index (χ0v) is 10.2. The Morgan fingerprint density at radius 2 is 2.29 bits per heavy atom. The lowest BCUT2D eigenvalue weighted by Crippen LogP contribution is -2.02. The van der Waals surface area contributed by atoms with Gasteiger partial charge < -0.3 is 9.84 Å². The van der Waals surface area contributed by atoms with Gasteiger partial charge >= 0.3 is 0 Å². The summed E-state index contributed by atoms with van der Waals surface area (Å²) >= 11 is 3.04. The van der Waals surface area contributed by atoms with Crippen LogP contribution in [0.4, 0.5) is 10.1 Å². The van der Waals surface area contributed by atoms with E-state index in [0.29, 0.717) is 17.9 Å². The third-order valence-corrected chi connectivity index (χ3v) is 2.93. The van der Waals surface area contributed by atoms with Gasteiger partial charge in [-0.2, -0.15) is 5.26 Å². The third-order valence-electron chi connectivity index (χ3n) is 2.15. The van der Waals surface area contributed by atoms with Gasteiger partial charge in [0, 0.05) is 6.07 Å². The molecule has 0 atom stereocenters. The van der Waals surface area contributed by atoms with Crippen molar-refractivity contribution in [3.05, 3.63) is 46.0 Å². The molecule has 2 aromatic rings. The number of nitriles is 1. The van der Waals surface area contributed by atoms with Gasteiger partial charge in [-0.05, 0) is 28.1 Å². The first-order valence-corrected chi connectivity index (χ1v) is 5.53. The van der Waals surface area contributed by atoms with E-state index < -0.39 is 5.82 Å². The highest BCUT2D eigenvalue weighted by Gasteiger charge is 2.10. The van der Waals surface area contributed by atoms with Gasteiger partial charge in [0.1, 0.15) is 18.0 Å². The lowest BCUT2D eigenvalue weighted by Gasteiger charge is -2.07. The molecule has 1 aromatic carbocycles. The Balaban J connectivity index is 2.17. The SMILES string of the molecule is N#Cc1ccc(NCc2ccon2)c(F)c1Br. The second kappa shape index (κ2) is 4.97. The topological polar surface area (TPSA) is 61.9 Å². The highest BCUT2D eigenvalue weighted by molar-refractivity contribution is 9.10. The minimum Gasteiger partial charge on any atom is -0.377 e. The molecule has 0 saturated carbocycles. The zero-order chi connectivity index (χ0) is 12.3. The van der Waals surface area contributed by atoms with Crippen LogP contribution in [-0.2, 0) is 6.54 Å². The molecule has 0 aliphatic heterocycles. The molecule has 0 aliphatic rings. The molecule has 0 bridgehead atoms. The number of nitrogens with zero attached hydrogens (tertiary/aromatic N) is 2. The number of nitrogens with one attached hydrogen (secondary N) is 1. The van der Waals surface area contributed by atoms with Crippen LogP contribution < -0.4 is 5.32 Å². The highest BCUT2D eigenvalue weighted by Crippen LogP contribution is 2.26. The van der Waals surface area contributed by atoms with Crippen molar-refractivity contribution in [3.63, 3.8) is 0 Å². The van der Waals surface area contributed by atoms with Gasteiger partial charge in [0.05, 0.1) is 22.3 Å². The summed E-state index contributed by atoms with van der Waals surface area (Å²) in [4.78, 5) is 0. The molecular weight excluding hydrogens is 289 g/mol. The van der Waals surface area contributed by atoms with Crippen LogP contribution in [0.2, 0.25) is 0 Å². The summed E-state index contributed by atoms with van der Waals surface area (Å²) in [5.41, 5.74) is 1.23. The smallest absolute Gasteiger partial charge is 0.161 e. The van der Waals surface area contributed by atoms with Gasteiger partial charge in [0.15, 0.2) is 5.82 Å². The van der Waals surface area contributed by atoms with Crippen LogP contribution in [0.1, 0.15) is 11.3 Å². The summed E-state index contributed by atoms with van der Waals surface area (Å²) in [5.74, 6) is -0.493. The first kappa shape index (κ1) is 11.6. The Morgan fingerprint density at radius 1 is 1.47 bits per heavy atom. The summed E-state index contributed by atoms with van der Waals surface area (Å²) < 4.78 is 18.6. The molecule has 1 N–H and O–H groups in total. The minimum atomic E-state index is -0.493. The summed E-state index contributed by atoms with van der Waals surface area (Å²) in [6.07, 6.45) is 1.45. The van der Waals surface area contributed by atoms with E-state index in [1.165, 1.54) is 18.4 Å². The van der Waals surface area contributed by atoms with Crippen LogP contribution in [0.15, 0.2) is 33.5 Å². The molecule has 1 heterocycles. The van der Waals surface area contributed by atoms with Gasteiger partial charge in [-0.25, -0.2) is 4.39 Å². The number of rotatable bonds is 3. The maximum Gasteiger partial charge on any atom is 0.161 e. The van der Waals surface area contributed by atoms with E-state index in [-0.39, 0.29) is 10.0 Å². The van der Waals surface area contributed by atoms with Gasteiger partial charge in [0.2, 0.25) is 0 Å². The normalized spacial score (nSPS) is 9.94. The zero-order valence-electron chi connectivity index (χ0n) is 8.58. The summed E-state index contributed by atoms with van der Waals surface area (Å²) in [7, 11) is 0. The summed E-state index contributed by atoms with van der Waals surface area (Å²) in [6.45, 7) is 0.353. The number of hydrogen-bond acceptors (Lipinski definition) is 4. The van der Waals surface area contributed by atoms with Gasteiger partial charge in [-0.1, -0.05) is 5.16 Å². The maximum absolute atomic E-state index is 13.8. The standard InChI is InChI=1S/C11H7BrFN3O/c12-10-7(5-14)1-2-9(11(10)13)15-6-8-3-4-17-16-8/h1-4,15H,6H2. The van der Waals surface area contributed by atoms with Crippen LogP contribution in [0.25, 0.3) is 0 Å². The Bertz CT molecular complexity index is 563. The number of hydrogen-bond donors (Lipinski definition) is 1. The third kappa shape index (κ3) is 2.45.